The Morgan fingerprint density at radius 1 is 1.00 bits per heavy atom. The molecular weight excluding hydrogens is 288 g/mol. The van der Waals surface area contributed by atoms with E-state index in [1.807, 2.05) is 6.07 Å². The lowest BCUT2D eigenvalue weighted by atomic mass is 9.99. The minimum Gasteiger partial charge on any atom is -0.507 e. The molecular formula is C20H32O3. The first-order valence-corrected chi connectivity index (χ1v) is 8.97. The Balaban J connectivity index is 2.22. The fourth-order valence-electron chi connectivity index (χ4n) is 2.93. The molecule has 3 nitrogen and oxygen atoms in total. The zero-order valence-corrected chi connectivity index (χ0v) is 14.9. The molecule has 0 bridgehead atoms. The van der Waals surface area contributed by atoms with E-state index in [0.717, 1.165) is 24.3 Å². The largest absolute Gasteiger partial charge is 0.507 e. The molecule has 0 saturated heterocycles. The van der Waals surface area contributed by atoms with Gasteiger partial charge in [0.2, 0.25) is 0 Å². The SMILES string of the molecule is Cc1cc(CCCCCCCCCC(C)C)cc(C(=O)O)c1O. The zero-order chi connectivity index (χ0) is 17.2. The third-order valence-corrected chi connectivity index (χ3v) is 4.34. The second-order valence-corrected chi connectivity index (χ2v) is 7.02. The molecule has 1 aromatic rings. The van der Waals surface area contributed by atoms with E-state index in [9.17, 15) is 9.90 Å². The number of unbranched alkanes of at least 4 members (excludes halogenated alkanes) is 6. The van der Waals surface area contributed by atoms with Crippen LogP contribution in [0.25, 0.3) is 0 Å². The second kappa shape index (κ2) is 10.3. The summed E-state index contributed by atoms with van der Waals surface area (Å²) in [6.07, 6.45) is 11.1. The van der Waals surface area contributed by atoms with Crippen LogP contribution in [0.15, 0.2) is 12.1 Å². The summed E-state index contributed by atoms with van der Waals surface area (Å²) in [5.41, 5.74) is 1.67. The lowest BCUT2D eigenvalue weighted by molar-refractivity contribution is 0.0693. The molecule has 0 heterocycles. The first kappa shape index (κ1) is 19.5. The Kier molecular flexibility index (Phi) is 8.75. The monoisotopic (exact) mass is 320 g/mol. The predicted molar refractivity (Wildman–Crippen MR) is 95.3 cm³/mol. The highest BCUT2D eigenvalue weighted by Crippen LogP contribution is 2.25. The van der Waals surface area contributed by atoms with Crippen molar-refractivity contribution in [3.05, 3.63) is 28.8 Å². The fraction of sp³-hybridized carbons (Fsp3) is 0.650. The first-order chi connectivity index (χ1) is 10.9. The number of aromatic carboxylic acids is 1. The van der Waals surface area contributed by atoms with Crippen LogP contribution in [0.1, 0.15) is 86.7 Å². The molecule has 2 N–H and O–H groups in total. The van der Waals surface area contributed by atoms with E-state index in [1.165, 1.54) is 44.9 Å². The average molecular weight is 320 g/mol. The van der Waals surface area contributed by atoms with Gasteiger partial charge in [0.25, 0.3) is 0 Å². The number of aryl methyl sites for hydroxylation is 2. The highest BCUT2D eigenvalue weighted by molar-refractivity contribution is 5.91. The van der Waals surface area contributed by atoms with Crippen molar-refractivity contribution in [2.75, 3.05) is 0 Å². The number of carboxylic acid groups (broad SMARTS) is 1. The third-order valence-electron chi connectivity index (χ3n) is 4.34. The molecule has 0 amide bonds. The van der Waals surface area contributed by atoms with Crippen molar-refractivity contribution in [3.63, 3.8) is 0 Å². The third kappa shape index (κ3) is 7.54. The highest BCUT2D eigenvalue weighted by atomic mass is 16.4. The van der Waals surface area contributed by atoms with Crippen molar-refractivity contribution < 1.29 is 15.0 Å². The summed E-state index contributed by atoms with van der Waals surface area (Å²) in [6.45, 7) is 6.31. The topological polar surface area (TPSA) is 57.5 Å². The predicted octanol–water partition coefficient (Wildman–Crippen LogP) is 5.72. The second-order valence-electron chi connectivity index (χ2n) is 7.02. The van der Waals surface area contributed by atoms with Crippen molar-refractivity contribution in [3.8, 4) is 5.75 Å². The molecule has 0 spiro atoms. The Bertz CT molecular complexity index is 492. The van der Waals surface area contributed by atoms with Crippen molar-refractivity contribution in [1.82, 2.24) is 0 Å². The maximum absolute atomic E-state index is 11.1. The number of hydrogen-bond donors (Lipinski definition) is 2. The number of phenols is 1. The number of carbonyl (C=O) groups is 1. The summed E-state index contributed by atoms with van der Waals surface area (Å²) in [5.74, 6) is -0.351. The quantitative estimate of drug-likeness (QED) is 0.513. The van der Waals surface area contributed by atoms with Crippen LogP contribution < -0.4 is 0 Å². The van der Waals surface area contributed by atoms with Gasteiger partial charge in [-0.15, -0.1) is 0 Å². The maximum Gasteiger partial charge on any atom is 0.339 e. The molecule has 1 aromatic carbocycles. The summed E-state index contributed by atoms with van der Waals surface area (Å²) >= 11 is 0. The number of benzene rings is 1. The lowest BCUT2D eigenvalue weighted by Gasteiger charge is -2.08. The van der Waals surface area contributed by atoms with E-state index in [2.05, 4.69) is 13.8 Å². The van der Waals surface area contributed by atoms with Gasteiger partial charge in [-0.2, -0.15) is 0 Å². The summed E-state index contributed by atoms with van der Waals surface area (Å²) in [7, 11) is 0. The Labute approximate surface area is 140 Å². The normalized spacial score (nSPS) is 11.1. The first-order valence-electron chi connectivity index (χ1n) is 8.97. The Morgan fingerprint density at radius 2 is 1.57 bits per heavy atom. The van der Waals surface area contributed by atoms with Gasteiger partial charge in [-0.05, 0) is 42.9 Å². The molecule has 0 saturated carbocycles. The summed E-state index contributed by atoms with van der Waals surface area (Å²) in [4.78, 5) is 11.1. The van der Waals surface area contributed by atoms with E-state index in [-0.39, 0.29) is 11.3 Å². The molecule has 0 aliphatic rings. The molecule has 23 heavy (non-hydrogen) atoms. The van der Waals surface area contributed by atoms with Crippen molar-refractivity contribution in [2.45, 2.75) is 78.6 Å². The van der Waals surface area contributed by atoms with E-state index in [1.54, 1.807) is 13.0 Å². The van der Waals surface area contributed by atoms with Gasteiger partial charge in [-0.25, -0.2) is 4.79 Å². The van der Waals surface area contributed by atoms with Crippen LogP contribution in [0, 0.1) is 12.8 Å². The minimum absolute atomic E-state index is 0.0187. The van der Waals surface area contributed by atoms with E-state index >= 15 is 0 Å². The molecule has 3 heteroatoms. The fourth-order valence-corrected chi connectivity index (χ4v) is 2.93. The molecule has 1 rings (SSSR count). The standard InChI is InChI=1S/C20H32O3/c1-15(2)11-9-7-5-4-6-8-10-12-17-13-16(3)19(21)18(14-17)20(22)23/h13-15,21H,4-12H2,1-3H3,(H,22,23). The van der Waals surface area contributed by atoms with Gasteiger partial charge in [0.15, 0.2) is 0 Å². The van der Waals surface area contributed by atoms with Gasteiger partial charge in [-0.1, -0.05) is 64.9 Å². The van der Waals surface area contributed by atoms with E-state index in [4.69, 9.17) is 5.11 Å². The average Bonchev–Trinajstić information content (AvgIpc) is 2.48. The van der Waals surface area contributed by atoms with Crippen molar-refractivity contribution >= 4 is 5.97 Å². The van der Waals surface area contributed by atoms with Crippen molar-refractivity contribution in [1.29, 1.82) is 0 Å². The van der Waals surface area contributed by atoms with E-state index < -0.39 is 5.97 Å². The van der Waals surface area contributed by atoms with E-state index in [0.29, 0.717) is 5.56 Å². The van der Waals surface area contributed by atoms with Crippen LogP contribution in [0.3, 0.4) is 0 Å². The number of aromatic hydroxyl groups is 1. The number of carboxylic acids is 1. The van der Waals surface area contributed by atoms with Crippen LogP contribution in [0.4, 0.5) is 0 Å². The number of rotatable bonds is 11. The van der Waals surface area contributed by atoms with Gasteiger partial charge in [0, 0.05) is 0 Å². The summed E-state index contributed by atoms with van der Waals surface area (Å²) in [5, 5.41) is 18.9. The summed E-state index contributed by atoms with van der Waals surface area (Å²) in [6, 6.07) is 3.50. The van der Waals surface area contributed by atoms with Gasteiger partial charge in [0.1, 0.15) is 11.3 Å². The zero-order valence-electron chi connectivity index (χ0n) is 14.9. The molecule has 0 unspecified atom stereocenters. The Hall–Kier alpha value is -1.51. The molecule has 0 radical (unpaired) electrons. The lowest BCUT2D eigenvalue weighted by Crippen LogP contribution is -2.00. The highest BCUT2D eigenvalue weighted by Gasteiger charge is 2.13. The van der Waals surface area contributed by atoms with Gasteiger partial charge in [0.05, 0.1) is 0 Å². The maximum atomic E-state index is 11.1. The minimum atomic E-state index is -1.06. The summed E-state index contributed by atoms with van der Waals surface area (Å²) < 4.78 is 0. The van der Waals surface area contributed by atoms with Crippen LogP contribution >= 0.6 is 0 Å². The smallest absolute Gasteiger partial charge is 0.339 e. The molecule has 0 aromatic heterocycles. The molecule has 0 aliphatic heterocycles. The molecule has 0 aliphatic carbocycles. The molecule has 0 fully saturated rings. The van der Waals surface area contributed by atoms with Crippen LogP contribution in [-0.2, 0) is 6.42 Å². The van der Waals surface area contributed by atoms with Gasteiger partial charge >= 0.3 is 5.97 Å². The molecule has 130 valence electrons. The van der Waals surface area contributed by atoms with Crippen LogP contribution in [-0.4, -0.2) is 16.2 Å². The van der Waals surface area contributed by atoms with Crippen molar-refractivity contribution in [2.24, 2.45) is 5.92 Å². The van der Waals surface area contributed by atoms with Crippen LogP contribution in [0.2, 0.25) is 0 Å². The Morgan fingerprint density at radius 3 is 2.13 bits per heavy atom. The number of hydrogen-bond acceptors (Lipinski definition) is 2. The van der Waals surface area contributed by atoms with Gasteiger partial charge in [-0.3, -0.25) is 0 Å². The van der Waals surface area contributed by atoms with Gasteiger partial charge < -0.3 is 10.2 Å². The van der Waals surface area contributed by atoms with Crippen LogP contribution in [0.5, 0.6) is 5.75 Å². The molecule has 0 atom stereocenters.